The summed E-state index contributed by atoms with van der Waals surface area (Å²) in [7, 11) is 0. The maximum atomic E-state index is 6.26. The summed E-state index contributed by atoms with van der Waals surface area (Å²) in [5.41, 5.74) is 2.30. The number of fused-ring (bicyclic) bond motifs is 1. The lowest BCUT2D eigenvalue weighted by atomic mass is 10.1. The first-order valence-electron chi connectivity index (χ1n) is 6.67. The molecular formula is C15H20ClNO2. The largest absolute Gasteiger partial charge is 0.489 e. The smallest absolute Gasteiger partial charge is 0.179 e. The minimum Gasteiger partial charge on any atom is -0.489 e. The number of likely N-dealkylation sites (N-methyl/N-ethyl adjacent to an activating group) is 1. The van der Waals surface area contributed by atoms with E-state index in [1.807, 2.05) is 12.1 Å². The summed E-state index contributed by atoms with van der Waals surface area (Å²) in [5, 5.41) is 3.91. The van der Waals surface area contributed by atoms with Gasteiger partial charge < -0.3 is 14.8 Å². The third kappa shape index (κ3) is 3.88. The highest BCUT2D eigenvalue weighted by atomic mass is 35.5. The van der Waals surface area contributed by atoms with Gasteiger partial charge in [0.15, 0.2) is 11.5 Å². The van der Waals surface area contributed by atoms with Crippen molar-refractivity contribution < 1.29 is 9.47 Å². The molecule has 0 radical (unpaired) electrons. The first kappa shape index (κ1) is 14.2. The third-order valence-corrected chi connectivity index (χ3v) is 3.17. The second-order valence-electron chi connectivity index (χ2n) is 4.65. The van der Waals surface area contributed by atoms with Gasteiger partial charge in [-0.05, 0) is 31.2 Å². The first-order valence-corrected chi connectivity index (χ1v) is 7.05. The summed E-state index contributed by atoms with van der Waals surface area (Å²) >= 11 is 6.26. The molecule has 1 aromatic carbocycles. The number of hydrogen-bond acceptors (Lipinski definition) is 3. The molecule has 0 amide bonds. The average Bonchev–Trinajstić information content (AvgIpc) is 2.62. The van der Waals surface area contributed by atoms with Crippen LogP contribution in [-0.4, -0.2) is 26.3 Å². The van der Waals surface area contributed by atoms with Crippen LogP contribution in [-0.2, 0) is 0 Å². The third-order valence-electron chi connectivity index (χ3n) is 2.89. The molecule has 1 N–H and O–H groups in total. The quantitative estimate of drug-likeness (QED) is 0.916. The van der Waals surface area contributed by atoms with Gasteiger partial charge in [0.25, 0.3) is 0 Å². The van der Waals surface area contributed by atoms with Gasteiger partial charge in [-0.3, -0.25) is 0 Å². The summed E-state index contributed by atoms with van der Waals surface area (Å²) in [5.74, 6) is 1.41. The Balaban J connectivity index is 2.23. The summed E-state index contributed by atoms with van der Waals surface area (Å²) in [4.78, 5) is 0. The summed E-state index contributed by atoms with van der Waals surface area (Å²) < 4.78 is 11.3. The molecule has 19 heavy (non-hydrogen) atoms. The normalized spacial score (nSPS) is 15.2. The molecule has 0 aromatic heterocycles. The Morgan fingerprint density at radius 3 is 2.95 bits per heavy atom. The molecule has 3 nitrogen and oxygen atoms in total. The molecule has 1 aliphatic rings. The van der Waals surface area contributed by atoms with Crippen molar-refractivity contribution in [3.05, 3.63) is 28.3 Å². The molecule has 1 heterocycles. The van der Waals surface area contributed by atoms with Crippen LogP contribution >= 0.6 is 11.6 Å². The minimum absolute atomic E-state index is 0.613. The van der Waals surface area contributed by atoms with E-state index in [2.05, 4.69) is 25.2 Å². The molecule has 0 saturated heterocycles. The Labute approximate surface area is 119 Å². The molecule has 104 valence electrons. The monoisotopic (exact) mass is 281 g/mol. The Morgan fingerprint density at radius 2 is 2.16 bits per heavy atom. The predicted molar refractivity (Wildman–Crippen MR) is 79.3 cm³/mol. The minimum atomic E-state index is 0.613. The van der Waals surface area contributed by atoms with Crippen LogP contribution in [0.4, 0.5) is 0 Å². The number of halogens is 1. The van der Waals surface area contributed by atoms with Crippen molar-refractivity contribution in [2.45, 2.75) is 20.3 Å². The molecule has 0 saturated carbocycles. The van der Waals surface area contributed by atoms with Gasteiger partial charge in [0.1, 0.15) is 0 Å². The Hall–Kier alpha value is -1.19. The molecule has 0 fully saturated rings. The lowest BCUT2D eigenvalue weighted by molar-refractivity contribution is 0.297. The van der Waals surface area contributed by atoms with Crippen LogP contribution in [0.15, 0.2) is 17.7 Å². The molecule has 0 bridgehead atoms. The maximum Gasteiger partial charge on any atom is 0.179 e. The topological polar surface area (TPSA) is 30.5 Å². The lowest BCUT2D eigenvalue weighted by Gasteiger charge is -2.10. The maximum absolute atomic E-state index is 6.26. The molecule has 4 heteroatoms. The standard InChI is InChI=1S/C15H20ClNO2/c1-3-17-10-11(2)7-12-8-13(16)15-14(9-12)18-5-4-6-19-15/h7-9,17H,3-6,10H2,1-2H3. The van der Waals surface area contributed by atoms with Gasteiger partial charge in [0.2, 0.25) is 0 Å². The van der Waals surface area contributed by atoms with Crippen LogP contribution in [0.25, 0.3) is 6.08 Å². The Bertz CT molecular complexity index is 471. The molecule has 0 spiro atoms. The van der Waals surface area contributed by atoms with Crippen LogP contribution in [0.2, 0.25) is 5.02 Å². The van der Waals surface area contributed by atoms with Crippen molar-refractivity contribution in [3.63, 3.8) is 0 Å². The summed E-state index contributed by atoms with van der Waals surface area (Å²) in [6, 6.07) is 3.91. The van der Waals surface area contributed by atoms with Crippen LogP contribution in [0.1, 0.15) is 25.8 Å². The number of nitrogens with one attached hydrogen (secondary N) is 1. The van der Waals surface area contributed by atoms with Crippen LogP contribution in [0, 0.1) is 0 Å². The zero-order valence-electron chi connectivity index (χ0n) is 11.5. The molecule has 0 atom stereocenters. The summed E-state index contributed by atoms with van der Waals surface area (Å²) in [6.07, 6.45) is 3.00. The fourth-order valence-electron chi connectivity index (χ4n) is 1.99. The van der Waals surface area contributed by atoms with E-state index in [1.165, 1.54) is 5.57 Å². The second-order valence-corrected chi connectivity index (χ2v) is 5.06. The molecular weight excluding hydrogens is 262 g/mol. The molecule has 1 aliphatic heterocycles. The van der Waals surface area contributed by atoms with Gasteiger partial charge in [-0.25, -0.2) is 0 Å². The summed E-state index contributed by atoms with van der Waals surface area (Å²) in [6.45, 7) is 7.36. The Morgan fingerprint density at radius 1 is 1.37 bits per heavy atom. The van der Waals surface area contributed by atoms with Crippen LogP contribution in [0.3, 0.4) is 0 Å². The van der Waals surface area contributed by atoms with Gasteiger partial charge in [0.05, 0.1) is 18.2 Å². The van der Waals surface area contributed by atoms with Crippen molar-refractivity contribution in [1.29, 1.82) is 0 Å². The van der Waals surface area contributed by atoms with Gasteiger partial charge in [-0.15, -0.1) is 0 Å². The van der Waals surface area contributed by atoms with E-state index in [1.54, 1.807) is 0 Å². The van der Waals surface area contributed by atoms with E-state index in [0.717, 1.165) is 30.8 Å². The van der Waals surface area contributed by atoms with E-state index in [0.29, 0.717) is 24.0 Å². The number of rotatable bonds is 4. The fraction of sp³-hybridized carbons (Fsp3) is 0.467. The van der Waals surface area contributed by atoms with Crippen LogP contribution < -0.4 is 14.8 Å². The van der Waals surface area contributed by atoms with Gasteiger partial charge in [-0.1, -0.05) is 30.2 Å². The van der Waals surface area contributed by atoms with E-state index in [-0.39, 0.29) is 0 Å². The fourth-order valence-corrected chi connectivity index (χ4v) is 2.27. The van der Waals surface area contributed by atoms with E-state index >= 15 is 0 Å². The average molecular weight is 282 g/mol. The zero-order valence-corrected chi connectivity index (χ0v) is 12.2. The lowest BCUT2D eigenvalue weighted by Crippen LogP contribution is -2.14. The number of ether oxygens (including phenoxy) is 2. The van der Waals surface area contributed by atoms with Crippen molar-refractivity contribution in [2.75, 3.05) is 26.3 Å². The van der Waals surface area contributed by atoms with Crippen LogP contribution in [0.5, 0.6) is 11.5 Å². The zero-order chi connectivity index (χ0) is 13.7. The van der Waals surface area contributed by atoms with Gasteiger partial charge in [0, 0.05) is 13.0 Å². The predicted octanol–water partition coefficient (Wildman–Crippen LogP) is 3.51. The van der Waals surface area contributed by atoms with Gasteiger partial charge in [-0.2, -0.15) is 0 Å². The van der Waals surface area contributed by atoms with Crippen molar-refractivity contribution in [3.8, 4) is 11.5 Å². The molecule has 2 rings (SSSR count). The molecule has 0 unspecified atom stereocenters. The van der Waals surface area contributed by atoms with E-state index in [4.69, 9.17) is 21.1 Å². The number of benzene rings is 1. The van der Waals surface area contributed by atoms with Crippen molar-refractivity contribution >= 4 is 17.7 Å². The van der Waals surface area contributed by atoms with E-state index < -0.39 is 0 Å². The highest BCUT2D eigenvalue weighted by Gasteiger charge is 2.14. The highest BCUT2D eigenvalue weighted by molar-refractivity contribution is 6.32. The molecule has 1 aromatic rings. The molecule has 0 aliphatic carbocycles. The highest BCUT2D eigenvalue weighted by Crippen LogP contribution is 2.38. The Kier molecular flexibility index (Phi) is 5.11. The van der Waals surface area contributed by atoms with Crippen molar-refractivity contribution in [2.24, 2.45) is 0 Å². The van der Waals surface area contributed by atoms with Crippen molar-refractivity contribution in [1.82, 2.24) is 5.32 Å². The van der Waals surface area contributed by atoms with Gasteiger partial charge >= 0.3 is 0 Å². The first-order chi connectivity index (χ1) is 9.20. The second kappa shape index (κ2) is 6.83. The number of hydrogen-bond donors (Lipinski definition) is 1. The SMILES string of the molecule is CCNCC(C)=Cc1cc(Cl)c2c(c1)OCCCO2. The van der Waals surface area contributed by atoms with E-state index in [9.17, 15) is 0 Å².